The molecule has 0 radical (unpaired) electrons. The Morgan fingerprint density at radius 2 is 2.35 bits per heavy atom. The van der Waals surface area contributed by atoms with Gasteiger partial charge >= 0.3 is 5.97 Å². The maximum Gasteiger partial charge on any atom is 0.328 e. The monoisotopic (exact) mass is 361 g/mol. The summed E-state index contributed by atoms with van der Waals surface area (Å²) in [6.45, 7) is 3.65. The first-order valence-corrected chi connectivity index (χ1v) is 7.64. The number of halogens is 1. The van der Waals surface area contributed by atoms with Crippen LogP contribution in [0.3, 0.4) is 0 Å². The van der Waals surface area contributed by atoms with E-state index in [2.05, 4.69) is 27.8 Å². The molecule has 1 aromatic heterocycles. The molecule has 0 aliphatic heterocycles. The lowest BCUT2D eigenvalue weighted by Gasteiger charge is -2.14. The van der Waals surface area contributed by atoms with E-state index in [9.17, 15) is 9.59 Å². The van der Waals surface area contributed by atoms with Gasteiger partial charge in [-0.25, -0.2) is 4.79 Å². The van der Waals surface area contributed by atoms with Crippen molar-refractivity contribution in [2.45, 2.75) is 18.9 Å². The summed E-state index contributed by atoms with van der Waals surface area (Å²) in [6.07, 6.45) is 2.36. The maximum atomic E-state index is 11.7. The van der Waals surface area contributed by atoms with Crippen LogP contribution in [0.2, 0.25) is 0 Å². The van der Waals surface area contributed by atoms with Crippen LogP contribution in [-0.4, -0.2) is 36.2 Å². The summed E-state index contributed by atoms with van der Waals surface area (Å²) in [5, 5.41) is 13.4. The lowest BCUT2D eigenvalue weighted by molar-refractivity contribution is -0.143. The van der Waals surface area contributed by atoms with Gasteiger partial charge in [0, 0.05) is 21.2 Å². The van der Waals surface area contributed by atoms with E-state index in [4.69, 9.17) is 9.84 Å². The highest BCUT2D eigenvalue weighted by Crippen LogP contribution is 2.20. The summed E-state index contributed by atoms with van der Waals surface area (Å²) in [5.41, 5.74) is 0. The first kappa shape index (κ1) is 16.9. The predicted octanol–water partition coefficient (Wildman–Crippen LogP) is 2.22. The topological polar surface area (TPSA) is 75.6 Å². The molecule has 1 aromatic rings. The van der Waals surface area contributed by atoms with Gasteiger partial charge in [-0.1, -0.05) is 6.08 Å². The Morgan fingerprint density at radius 3 is 2.90 bits per heavy atom. The molecule has 1 rings (SSSR count). The van der Waals surface area contributed by atoms with E-state index in [1.54, 1.807) is 11.3 Å². The minimum Gasteiger partial charge on any atom is -0.480 e. The molecule has 0 bridgehead atoms. The second-order valence-electron chi connectivity index (χ2n) is 4.02. The Morgan fingerprint density at radius 1 is 1.60 bits per heavy atom. The molecule has 1 unspecified atom stereocenters. The lowest BCUT2D eigenvalue weighted by atomic mass is 10.2. The zero-order valence-electron chi connectivity index (χ0n) is 10.8. The van der Waals surface area contributed by atoms with E-state index in [0.717, 1.165) is 9.35 Å². The van der Waals surface area contributed by atoms with Gasteiger partial charge in [0.1, 0.15) is 0 Å². The standard InChI is InChI=1S/C13H16BrNO4S/c1-2-5-19-7-11(13(17)18)15-12(16)4-3-10-6-9(14)8-20-10/h2,6,8,11H,1,3-5,7H2,(H,15,16)(H,17,18). The molecule has 1 atom stereocenters. The summed E-state index contributed by atoms with van der Waals surface area (Å²) in [6, 6.07) is 0.914. The predicted molar refractivity (Wildman–Crippen MR) is 80.9 cm³/mol. The number of aryl methyl sites for hydroxylation is 1. The second-order valence-corrected chi connectivity index (χ2v) is 5.93. The molecule has 1 amide bonds. The van der Waals surface area contributed by atoms with Crippen molar-refractivity contribution in [3.8, 4) is 0 Å². The van der Waals surface area contributed by atoms with Crippen molar-refractivity contribution in [3.05, 3.63) is 33.5 Å². The van der Waals surface area contributed by atoms with Crippen molar-refractivity contribution in [1.29, 1.82) is 0 Å². The highest BCUT2D eigenvalue weighted by molar-refractivity contribution is 9.10. The Balaban J connectivity index is 2.37. The average molecular weight is 362 g/mol. The van der Waals surface area contributed by atoms with E-state index in [0.29, 0.717) is 6.42 Å². The van der Waals surface area contributed by atoms with Crippen LogP contribution in [0.5, 0.6) is 0 Å². The second kappa shape index (κ2) is 8.89. The molecular formula is C13H16BrNO4S. The molecule has 7 heteroatoms. The Hall–Kier alpha value is -1.18. The Bertz CT molecular complexity index is 475. The smallest absolute Gasteiger partial charge is 0.328 e. The van der Waals surface area contributed by atoms with Crippen LogP contribution in [0, 0.1) is 0 Å². The number of carbonyl (C=O) groups is 2. The van der Waals surface area contributed by atoms with Crippen molar-refractivity contribution < 1.29 is 19.4 Å². The lowest BCUT2D eigenvalue weighted by Crippen LogP contribution is -2.44. The van der Waals surface area contributed by atoms with Gasteiger partial charge in [0.15, 0.2) is 6.04 Å². The quantitative estimate of drug-likeness (QED) is 0.522. The third-order valence-corrected chi connectivity index (χ3v) is 4.13. The number of hydrogen-bond donors (Lipinski definition) is 2. The fourth-order valence-corrected chi connectivity index (χ4v) is 2.89. The molecule has 0 aliphatic rings. The first-order chi connectivity index (χ1) is 9.52. The summed E-state index contributed by atoms with van der Waals surface area (Å²) in [5.74, 6) is -1.41. The number of rotatable bonds is 9. The third-order valence-electron chi connectivity index (χ3n) is 2.37. The molecule has 20 heavy (non-hydrogen) atoms. The van der Waals surface area contributed by atoms with E-state index in [1.807, 2.05) is 11.4 Å². The molecule has 0 spiro atoms. The van der Waals surface area contributed by atoms with Crippen LogP contribution in [0.25, 0.3) is 0 Å². The minimum atomic E-state index is -1.11. The van der Waals surface area contributed by atoms with Crippen molar-refractivity contribution in [1.82, 2.24) is 5.32 Å². The maximum absolute atomic E-state index is 11.7. The average Bonchev–Trinajstić information content (AvgIpc) is 2.81. The van der Waals surface area contributed by atoms with Gasteiger partial charge in [-0.05, 0) is 28.4 Å². The van der Waals surface area contributed by atoms with Crippen LogP contribution in [-0.2, 0) is 20.7 Å². The zero-order valence-corrected chi connectivity index (χ0v) is 13.2. The SMILES string of the molecule is C=CCOCC(NC(=O)CCc1cc(Br)cs1)C(=O)O. The number of hydrogen-bond acceptors (Lipinski definition) is 4. The van der Waals surface area contributed by atoms with Crippen molar-refractivity contribution in [2.24, 2.45) is 0 Å². The van der Waals surface area contributed by atoms with Crippen molar-refractivity contribution >= 4 is 39.1 Å². The number of ether oxygens (including phenoxy) is 1. The molecule has 110 valence electrons. The molecule has 5 nitrogen and oxygen atoms in total. The number of nitrogens with one attached hydrogen (secondary N) is 1. The Kier molecular flexibility index (Phi) is 7.50. The molecule has 0 saturated carbocycles. The van der Waals surface area contributed by atoms with E-state index in [1.165, 1.54) is 6.08 Å². The number of aliphatic carboxylic acids is 1. The fourth-order valence-electron chi connectivity index (χ4n) is 1.43. The highest BCUT2D eigenvalue weighted by atomic mass is 79.9. The molecule has 0 aromatic carbocycles. The number of carboxylic acids is 1. The Labute approximate surface area is 129 Å². The van der Waals surface area contributed by atoms with Crippen LogP contribution in [0.15, 0.2) is 28.6 Å². The van der Waals surface area contributed by atoms with Crippen molar-refractivity contribution in [3.63, 3.8) is 0 Å². The van der Waals surface area contributed by atoms with Crippen LogP contribution in [0.4, 0.5) is 0 Å². The van der Waals surface area contributed by atoms with Gasteiger partial charge in [-0.3, -0.25) is 4.79 Å². The number of amides is 1. The molecule has 0 aliphatic carbocycles. The van der Waals surface area contributed by atoms with Gasteiger partial charge in [0.25, 0.3) is 0 Å². The van der Waals surface area contributed by atoms with E-state index >= 15 is 0 Å². The molecule has 1 heterocycles. The third kappa shape index (κ3) is 6.31. The summed E-state index contributed by atoms with van der Waals surface area (Å²) >= 11 is 4.90. The van der Waals surface area contributed by atoms with E-state index in [-0.39, 0.29) is 25.5 Å². The summed E-state index contributed by atoms with van der Waals surface area (Å²) in [7, 11) is 0. The number of carboxylic acid groups (broad SMARTS) is 1. The van der Waals surface area contributed by atoms with Gasteiger partial charge in [-0.2, -0.15) is 0 Å². The number of carbonyl (C=O) groups excluding carboxylic acids is 1. The normalized spacial score (nSPS) is 11.8. The van der Waals surface area contributed by atoms with Gasteiger partial charge in [0.2, 0.25) is 5.91 Å². The van der Waals surface area contributed by atoms with E-state index < -0.39 is 12.0 Å². The molecular weight excluding hydrogens is 346 g/mol. The van der Waals surface area contributed by atoms with Gasteiger partial charge < -0.3 is 15.2 Å². The van der Waals surface area contributed by atoms with Crippen LogP contribution >= 0.6 is 27.3 Å². The first-order valence-electron chi connectivity index (χ1n) is 5.96. The zero-order chi connectivity index (χ0) is 15.0. The molecule has 0 saturated heterocycles. The summed E-state index contributed by atoms with van der Waals surface area (Å²) in [4.78, 5) is 23.8. The van der Waals surface area contributed by atoms with Gasteiger partial charge in [-0.15, -0.1) is 17.9 Å². The van der Waals surface area contributed by atoms with Crippen LogP contribution in [0.1, 0.15) is 11.3 Å². The van der Waals surface area contributed by atoms with Crippen LogP contribution < -0.4 is 5.32 Å². The fraction of sp³-hybridized carbons (Fsp3) is 0.385. The summed E-state index contributed by atoms with van der Waals surface area (Å²) < 4.78 is 6.04. The van der Waals surface area contributed by atoms with Crippen molar-refractivity contribution in [2.75, 3.05) is 13.2 Å². The minimum absolute atomic E-state index is 0.0718. The molecule has 0 fully saturated rings. The highest BCUT2D eigenvalue weighted by Gasteiger charge is 2.19. The van der Waals surface area contributed by atoms with Gasteiger partial charge in [0.05, 0.1) is 13.2 Å². The number of thiophene rings is 1. The molecule has 2 N–H and O–H groups in total. The largest absolute Gasteiger partial charge is 0.480 e.